The molecule has 1 aromatic rings. The van der Waals surface area contributed by atoms with Gasteiger partial charge in [0, 0.05) is 25.2 Å². The summed E-state index contributed by atoms with van der Waals surface area (Å²) in [5, 5.41) is 3.43. The lowest BCUT2D eigenvalue weighted by Gasteiger charge is -2.17. The van der Waals surface area contributed by atoms with Crippen LogP contribution in [0.5, 0.6) is 5.75 Å². The summed E-state index contributed by atoms with van der Waals surface area (Å²) in [6.07, 6.45) is 5.68. The molecule has 1 saturated heterocycles. The second kappa shape index (κ2) is 7.46. The van der Waals surface area contributed by atoms with Crippen molar-refractivity contribution < 1.29 is 4.74 Å². The van der Waals surface area contributed by atoms with Crippen LogP contribution in [0.1, 0.15) is 23.1 Å². The third kappa shape index (κ3) is 4.09. The van der Waals surface area contributed by atoms with Crippen molar-refractivity contribution in [2.75, 3.05) is 39.8 Å². The lowest BCUT2D eigenvalue weighted by atomic mass is 10.1. The van der Waals surface area contributed by atoms with Crippen LogP contribution in [0.3, 0.4) is 0 Å². The first-order chi connectivity index (χ1) is 9.70. The molecule has 0 amide bonds. The van der Waals surface area contributed by atoms with Crippen LogP contribution in [0.4, 0.5) is 0 Å². The average Bonchev–Trinajstić information content (AvgIpc) is 2.67. The molecule has 0 unspecified atom stereocenters. The van der Waals surface area contributed by atoms with Crippen LogP contribution < -0.4 is 10.1 Å². The van der Waals surface area contributed by atoms with E-state index >= 15 is 0 Å². The van der Waals surface area contributed by atoms with Crippen molar-refractivity contribution in [1.29, 1.82) is 0 Å². The Kier molecular flexibility index (Phi) is 5.62. The van der Waals surface area contributed by atoms with Crippen molar-refractivity contribution in [2.24, 2.45) is 0 Å². The van der Waals surface area contributed by atoms with Gasteiger partial charge in [0.1, 0.15) is 5.75 Å². The minimum atomic E-state index is 0.990. The Labute approximate surface area is 122 Å². The first kappa shape index (κ1) is 15.1. The van der Waals surface area contributed by atoms with E-state index in [1.54, 1.807) is 7.11 Å². The van der Waals surface area contributed by atoms with E-state index in [0.717, 1.165) is 31.9 Å². The van der Waals surface area contributed by atoms with Crippen molar-refractivity contribution >= 4 is 6.08 Å². The molecule has 2 rings (SSSR count). The third-order valence-electron chi connectivity index (χ3n) is 3.75. The molecule has 1 aliphatic rings. The Balaban J connectivity index is 2.03. The number of ether oxygens (including phenoxy) is 1. The van der Waals surface area contributed by atoms with Gasteiger partial charge in [-0.15, -0.1) is 0 Å². The van der Waals surface area contributed by atoms with Crippen molar-refractivity contribution in [3.8, 4) is 5.75 Å². The van der Waals surface area contributed by atoms with Gasteiger partial charge in [-0.1, -0.05) is 23.8 Å². The first-order valence-electron chi connectivity index (χ1n) is 7.45. The summed E-state index contributed by atoms with van der Waals surface area (Å²) in [6.45, 7) is 9.80. The number of aryl methyl sites for hydroxylation is 2. The predicted molar refractivity (Wildman–Crippen MR) is 85.4 cm³/mol. The smallest absolute Gasteiger partial charge is 0.128 e. The predicted octanol–water partition coefficient (Wildman–Crippen LogP) is 2.62. The highest BCUT2D eigenvalue weighted by Crippen LogP contribution is 2.26. The topological polar surface area (TPSA) is 24.5 Å². The molecule has 0 saturated carbocycles. The molecule has 0 aromatic heterocycles. The van der Waals surface area contributed by atoms with Gasteiger partial charge >= 0.3 is 0 Å². The van der Waals surface area contributed by atoms with Crippen LogP contribution in [0.2, 0.25) is 0 Å². The minimum absolute atomic E-state index is 0.990. The molecular formula is C17H26N2O. The summed E-state index contributed by atoms with van der Waals surface area (Å²) in [5.74, 6) is 0.990. The number of nitrogens with zero attached hydrogens (tertiary/aromatic N) is 1. The number of methoxy groups -OCH3 is 1. The third-order valence-corrected chi connectivity index (χ3v) is 3.75. The van der Waals surface area contributed by atoms with Crippen molar-refractivity contribution in [1.82, 2.24) is 10.2 Å². The molecule has 1 N–H and O–H groups in total. The molecule has 0 aliphatic carbocycles. The molecular weight excluding hydrogens is 248 g/mol. The van der Waals surface area contributed by atoms with Crippen molar-refractivity contribution in [3.63, 3.8) is 0 Å². The maximum absolute atomic E-state index is 5.52. The lowest BCUT2D eigenvalue weighted by Crippen LogP contribution is -2.28. The van der Waals surface area contributed by atoms with Gasteiger partial charge in [0.05, 0.1) is 7.11 Å². The van der Waals surface area contributed by atoms with Crippen LogP contribution >= 0.6 is 0 Å². The summed E-state index contributed by atoms with van der Waals surface area (Å²) in [7, 11) is 1.75. The zero-order valence-electron chi connectivity index (χ0n) is 12.9. The fourth-order valence-electron chi connectivity index (χ4n) is 2.80. The van der Waals surface area contributed by atoms with Gasteiger partial charge in [0.15, 0.2) is 0 Å². The fourth-order valence-corrected chi connectivity index (χ4v) is 2.80. The fraction of sp³-hybridized carbons (Fsp3) is 0.529. The monoisotopic (exact) mass is 274 g/mol. The number of nitrogens with one attached hydrogen (secondary N) is 1. The van der Waals surface area contributed by atoms with Crippen LogP contribution in [0.15, 0.2) is 18.2 Å². The second-order valence-electron chi connectivity index (χ2n) is 5.51. The van der Waals surface area contributed by atoms with E-state index in [9.17, 15) is 0 Å². The maximum atomic E-state index is 5.52. The maximum Gasteiger partial charge on any atom is 0.128 e. The molecule has 1 fully saturated rings. The lowest BCUT2D eigenvalue weighted by molar-refractivity contribution is 0.324. The molecule has 0 bridgehead atoms. The van der Waals surface area contributed by atoms with Gasteiger partial charge < -0.3 is 10.1 Å². The number of hydrogen-bond acceptors (Lipinski definition) is 3. The minimum Gasteiger partial charge on any atom is -0.496 e. The standard InChI is InChI=1S/C17H26N2O/c1-14-12-15(2)17(20-3)16(13-14)6-4-9-19-10-5-7-18-8-11-19/h4,6,12-13,18H,5,7-11H2,1-3H3/b6-4+. The largest absolute Gasteiger partial charge is 0.496 e. The molecule has 1 aliphatic heterocycles. The van der Waals surface area contributed by atoms with Crippen LogP contribution in [0, 0.1) is 13.8 Å². The molecule has 3 nitrogen and oxygen atoms in total. The molecule has 1 aromatic carbocycles. The summed E-state index contributed by atoms with van der Waals surface area (Å²) < 4.78 is 5.52. The molecule has 0 radical (unpaired) electrons. The summed E-state index contributed by atoms with van der Waals surface area (Å²) >= 11 is 0. The number of rotatable bonds is 4. The van der Waals surface area contributed by atoms with Gasteiger partial charge in [-0.3, -0.25) is 4.90 Å². The van der Waals surface area contributed by atoms with Crippen molar-refractivity contribution in [2.45, 2.75) is 20.3 Å². The second-order valence-corrected chi connectivity index (χ2v) is 5.51. The van der Waals surface area contributed by atoms with Gasteiger partial charge in [-0.05, 0) is 45.0 Å². The Morgan fingerprint density at radius 3 is 2.90 bits per heavy atom. The van der Waals surface area contributed by atoms with E-state index in [0.29, 0.717) is 0 Å². The molecule has 0 spiro atoms. The van der Waals surface area contributed by atoms with E-state index in [1.165, 1.54) is 29.7 Å². The van der Waals surface area contributed by atoms with E-state index in [-0.39, 0.29) is 0 Å². The van der Waals surface area contributed by atoms with Gasteiger partial charge in [-0.2, -0.15) is 0 Å². The van der Waals surface area contributed by atoms with E-state index in [2.05, 4.69) is 48.3 Å². The Morgan fingerprint density at radius 1 is 1.25 bits per heavy atom. The highest BCUT2D eigenvalue weighted by atomic mass is 16.5. The van der Waals surface area contributed by atoms with Gasteiger partial charge in [0.25, 0.3) is 0 Å². The quantitative estimate of drug-likeness (QED) is 0.913. The zero-order chi connectivity index (χ0) is 14.4. The van der Waals surface area contributed by atoms with E-state index < -0.39 is 0 Å². The van der Waals surface area contributed by atoms with E-state index in [1.807, 2.05) is 0 Å². The average molecular weight is 274 g/mol. The summed E-state index contributed by atoms with van der Waals surface area (Å²) in [5.41, 5.74) is 3.66. The highest BCUT2D eigenvalue weighted by molar-refractivity contribution is 5.61. The number of benzene rings is 1. The number of hydrogen-bond donors (Lipinski definition) is 1. The molecule has 1 heterocycles. The Bertz CT molecular complexity index is 460. The van der Waals surface area contributed by atoms with Gasteiger partial charge in [0.2, 0.25) is 0 Å². The van der Waals surface area contributed by atoms with Crippen LogP contribution in [0.25, 0.3) is 6.08 Å². The molecule has 110 valence electrons. The first-order valence-corrected chi connectivity index (χ1v) is 7.45. The van der Waals surface area contributed by atoms with Gasteiger partial charge in [-0.25, -0.2) is 0 Å². The Morgan fingerprint density at radius 2 is 2.10 bits per heavy atom. The SMILES string of the molecule is COc1c(C)cc(C)cc1/C=C/CN1CCCNCC1. The van der Waals surface area contributed by atoms with Crippen LogP contribution in [-0.4, -0.2) is 44.7 Å². The molecule has 20 heavy (non-hydrogen) atoms. The normalized spacial score (nSPS) is 17.4. The molecule has 0 atom stereocenters. The summed E-state index contributed by atoms with van der Waals surface area (Å²) in [4.78, 5) is 2.49. The highest BCUT2D eigenvalue weighted by Gasteiger charge is 2.07. The molecule has 3 heteroatoms. The van der Waals surface area contributed by atoms with Crippen LogP contribution in [-0.2, 0) is 0 Å². The Hall–Kier alpha value is -1.32. The zero-order valence-corrected chi connectivity index (χ0v) is 12.9. The summed E-state index contributed by atoms with van der Waals surface area (Å²) in [6, 6.07) is 4.35. The van der Waals surface area contributed by atoms with Crippen molar-refractivity contribution in [3.05, 3.63) is 34.9 Å². The van der Waals surface area contributed by atoms with E-state index in [4.69, 9.17) is 4.74 Å².